The average molecular weight is 366 g/mol. The second kappa shape index (κ2) is 5.87. The number of benzene rings is 2. The van der Waals surface area contributed by atoms with E-state index in [1.54, 1.807) is 18.2 Å². The number of carbonyl (C=O) groups is 1. The molecular formula is C15H10BrClN2O2. The summed E-state index contributed by atoms with van der Waals surface area (Å²) in [5.74, 6) is -0.164. The first-order valence-corrected chi connectivity index (χ1v) is 7.39. The van der Waals surface area contributed by atoms with Gasteiger partial charge in [0.05, 0.1) is 11.4 Å². The Morgan fingerprint density at radius 1 is 1.29 bits per heavy atom. The second-order valence-corrected chi connectivity index (χ2v) is 5.74. The molecule has 0 radical (unpaired) electrons. The summed E-state index contributed by atoms with van der Waals surface area (Å²) in [4.78, 5) is 12.1. The molecule has 0 atom stereocenters. The van der Waals surface area contributed by atoms with Gasteiger partial charge in [0.2, 0.25) is 5.91 Å². The first kappa shape index (κ1) is 14.1. The summed E-state index contributed by atoms with van der Waals surface area (Å²) in [6, 6.07) is 12.7. The molecule has 0 aliphatic carbocycles. The smallest absolute Gasteiger partial charge is 0.230 e. The Hall–Kier alpha value is -1.85. The number of para-hydroxylation sites is 1. The molecule has 0 spiro atoms. The first-order valence-electron chi connectivity index (χ1n) is 6.21. The van der Waals surface area contributed by atoms with Crippen LogP contribution in [0.25, 0.3) is 11.0 Å². The maximum atomic E-state index is 12.1. The molecule has 0 fully saturated rings. The number of carbonyl (C=O) groups excluding carboxylic acids is 1. The fourth-order valence-corrected chi connectivity index (χ4v) is 2.49. The summed E-state index contributed by atoms with van der Waals surface area (Å²) in [6.07, 6.45) is 0.150. The van der Waals surface area contributed by atoms with Gasteiger partial charge >= 0.3 is 0 Å². The first-order chi connectivity index (χ1) is 10.1. The van der Waals surface area contributed by atoms with Crippen LogP contribution in [0.15, 0.2) is 51.5 Å². The third-order valence-corrected chi connectivity index (χ3v) is 4.20. The number of fused-ring (bicyclic) bond motifs is 1. The van der Waals surface area contributed by atoms with E-state index in [4.69, 9.17) is 16.1 Å². The van der Waals surface area contributed by atoms with Crippen LogP contribution >= 0.6 is 27.5 Å². The molecule has 2 aromatic carbocycles. The average Bonchev–Trinajstić information content (AvgIpc) is 2.86. The van der Waals surface area contributed by atoms with Crippen LogP contribution in [0.5, 0.6) is 0 Å². The fraction of sp³-hybridized carbons (Fsp3) is 0.0667. The lowest BCUT2D eigenvalue weighted by Crippen LogP contribution is -2.14. The molecule has 21 heavy (non-hydrogen) atoms. The van der Waals surface area contributed by atoms with Crippen molar-refractivity contribution in [3.63, 3.8) is 0 Å². The second-order valence-electron chi connectivity index (χ2n) is 4.48. The number of anilines is 1. The zero-order chi connectivity index (χ0) is 14.8. The van der Waals surface area contributed by atoms with Gasteiger partial charge in [-0.2, -0.15) is 0 Å². The Balaban J connectivity index is 1.75. The molecule has 3 aromatic rings. The van der Waals surface area contributed by atoms with Gasteiger partial charge in [-0.05, 0) is 46.3 Å². The molecule has 3 rings (SSSR count). The van der Waals surface area contributed by atoms with Crippen LogP contribution in [0.4, 0.5) is 5.69 Å². The van der Waals surface area contributed by atoms with Crippen molar-refractivity contribution < 1.29 is 9.32 Å². The van der Waals surface area contributed by atoms with Gasteiger partial charge in [0.1, 0.15) is 5.69 Å². The zero-order valence-corrected chi connectivity index (χ0v) is 13.1. The van der Waals surface area contributed by atoms with E-state index in [0.717, 1.165) is 9.86 Å². The monoisotopic (exact) mass is 364 g/mol. The summed E-state index contributed by atoms with van der Waals surface area (Å²) < 4.78 is 5.91. The minimum atomic E-state index is -0.164. The number of aromatic nitrogens is 1. The highest BCUT2D eigenvalue weighted by Gasteiger charge is 2.12. The molecular weight excluding hydrogens is 356 g/mol. The van der Waals surface area contributed by atoms with E-state index in [1.165, 1.54) is 0 Å². The minimum Gasteiger partial charge on any atom is -0.356 e. The van der Waals surface area contributed by atoms with Gasteiger partial charge in [-0.25, -0.2) is 0 Å². The number of halogens is 2. The highest BCUT2D eigenvalue weighted by atomic mass is 79.9. The lowest BCUT2D eigenvalue weighted by molar-refractivity contribution is -0.115. The molecule has 1 heterocycles. The van der Waals surface area contributed by atoms with Crippen LogP contribution in [0.2, 0.25) is 5.02 Å². The van der Waals surface area contributed by atoms with E-state index in [1.807, 2.05) is 24.3 Å². The van der Waals surface area contributed by atoms with Crippen molar-refractivity contribution in [3.05, 3.63) is 57.7 Å². The van der Waals surface area contributed by atoms with Gasteiger partial charge in [-0.1, -0.05) is 28.9 Å². The summed E-state index contributed by atoms with van der Waals surface area (Å²) in [6.45, 7) is 0. The van der Waals surface area contributed by atoms with Crippen molar-refractivity contribution in [2.75, 3.05) is 5.32 Å². The Kier molecular flexibility index (Phi) is 3.94. The molecule has 4 nitrogen and oxygen atoms in total. The highest BCUT2D eigenvalue weighted by molar-refractivity contribution is 9.10. The van der Waals surface area contributed by atoms with Crippen LogP contribution in [0.1, 0.15) is 5.69 Å². The Labute approximate surface area is 134 Å². The number of amides is 1. The molecule has 0 saturated carbocycles. The maximum absolute atomic E-state index is 12.1. The summed E-state index contributed by atoms with van der Waals surface area (Å²) in [5.41, 5.74) is 1.97. The number of rotatable bonds is 3. The van der Waals surface area contributed by atoms with E-state index < -0.39 is 0 Å². The van der Waals surface area contributed by atoms with Crippen LogP contribution in [-0.4, -0.2) is 11.1 Å². The predicted molar refractivity (Wildman–Crippen MR) is 85.5 cm³/mol. The van der Waals surface area contributed by atoms with E-state index >= 15 is 0 Å². The van der Waals surface area contributed by atoms with Gasteiger partial charge < -0.3 is 9.84 Å². The van der Waals surface area contributed by atoms with Gasteiger partial charge in [-0.3, -0.25) is 4.79 Å². The Bertz CT molecular complexity index is 816. The topological polar surface area (TPSA) is 55.1 Å². The number of nitrogens with zero attached hydrogens (tertiary/aromatic N) is 1. The molecule has 106 valence electrons. The van der Waals surface area contributed by atoms with Crippen LogP contribution in [0, 0.1) is 0 Å². The molecule has 0 aliphatic heterocycles. The van der Waals surface area contributed by atoms with Gasteiger partial charge in [0, 0.05) is 15.5 Å². The SMILES string of the molecule is O=C(Cc1noc2ccccc12)Nc1ccc(Cl)c(Br)c1. The van der Waals surface area contributed by atoms with Crippen LogP contribution in [-0.2, 0) is 11.2 Å². The molecule has 6 heteroatoms. The lowest BCUT2D eigenvalue weighted by atomic mass is 10.1. The van der Waals surface area contributed by atoms with Gasteiger partial charge in [0.15, 0.2) is 5.58 Å². The molecule has 0 bridgehead atoms. The summed E-state index contributed by atoms with van der Waals surface area (Å²) in [7, 11) is 0. The minimum absolute atomic E-state index is 0.150. The lowest BCUT2D eigenvalue weighted by Gasteiger charge is -2.05. The Morgan fingerprint density at radius 2 is 2.10 bits per heavy atom. The highest BCUT2D eigenvalue weighted by Crippen LogP contribution is 2.26. The summed E-state index contributed by atoms with van der Waals surface area (Å²) in [5, 5.41) is 8.19. The molecule has 1 N–H and O–H groups in total. The van der Waals surface area contributed by atoms with E-state index in [-0.39, 0.29) is 12.3 Å². The standard InChI is InChI=1S/C15H10BrClN2O2/c16-11-7-9(5-6-12(11)17)18-15(20)8-13-10-3-1-2-4-14(10)21-19-13/h1-7H,8H2,(H,18,20). The van der Waals surface area contributed by atoms with Crippen molar-refractivity contribution in [1.29, 1.82) is 0 Å². The maximum Gasteiger partial charge on any atom is 0.230 e. The largest absolute Gasteiger partial charge is 0.356 e. The van der Waals surface area contributed by atoms with E-state index in [2.05, 4.69) is 26.4 Å². The predicted octanol–water partition coefficient (Wildman–Crippen LogP) is 4.42. The van der Waals surface area contributed by atoms with Crippen LogP contribution in [0.3, 0.4) is 0 Å². The third-order valence-electron chi connectivity index (χ3n) is 2.98. The van der Waals surface area contributed by atoms with Gasteiger partial charge in [-0.15, -0.1) is 0 Å². The normalized spacial score (nSPS) is 10.8. The third kappa shape index (κ3) is 3.09. The zero-order valence-electron chi connectivity index (χ0n) is 10.8. The number of hydrogen-bond acceptors (Lipinski definition) is 3. The molecule has 0 unspecified atom stereocenters. The Morgan fingerprint density at radius 3 is 2.90 bits per heavy atom. The fourth-order valence-electron chi connectivity index (χ4n) is 2.00. The number of nitrogens with one attached hydrogen (secondary N) is 1. The van der Waals surface area contributed by atoms with Crippen molar-refractivity contribution in [2.45, 2.75) is 6.42 Å². The molecule has 0 aliphatic rings. The van der Waals surface area contributed by atoms with Crippen molar-refractivity contribution in [1.82, 2.24) is 5.16 Å². The van der Waals surface area contributed by atoms with E-state index in [0.29, 0.717) is 22.0 Å². The van der Waals surface area contributed by atoms with E-state index in [9.17, 15) is 4.79 Å². The van der Waals surface area contributed by atoms with Crippen molar-refractivity contribution >= 4 is 50.1 Å². The quantitative estimate of drug-likeness (QED) is 0.747. The van der Waals surface area contributed by atoms with Crippen molar-refractivity contribution in [3.8, 4) is 0 Å². The number of hydrogen-bond donors (Lipinski definition) is 1. The van der Waals surface area contributed by atoms with Crippen molar-refractivity contribution in [2.24, 2.45) is 0 Å². The molecule has 1 aromatic heterocycles. The van der Waals surface area contributed by atoms with Gasteiger partial charge in [0.25, 0.3) is 0 Å². The van der Waals surface area contributed by atoms with Crippen LogP contribution < -0.4 is 5.32 Å². The molecule has 0 saturated heterocycles. The molecule has 1 amide bonds. The summed E-state index contributed by atoms with van der Waals surface area (Å²) >= 11 is 9.23.